The molecule has 5 heteroatoms. The van der Waals surface area contributed by atoms with Gasteiger partial charge in [0.25, 0.3) is 0 Å². The molecule has 0 unspecified atom stereocenters. The van der Waals surface area contributed by atoms with Crippen molar-refractivity contribution in [2.75, 3.05) is 0 Å². The summed E-state index contributed by atoms with van der Waals surface area (Å²) >= 11 is 0. The molecule has 0 saturated carbocycles. The van der Waals surface area contributed by atoms with Crippen LogP contribution in [0.1, 0.15) is 26.3 Å². The molecule has 4 aromatic carbocycles. The van der Waals surface area contributed by atoms with Gasteiger partial charge in [0, 0.05) is 23.0 Å². The summed E-state index contributed by atoms with van der Waals surface area (Å²) in [7, 11) is -1.42. The number of aromatic nitrogens is 3. The van der Waals surface area contributed by atoms with Crippen molar-refractivity contribution >= 4 is 24.3 Å². The van der Waals surface area contributed by atoms with E-state index in [1.807, 2.05) is 30.5 Å². The lowest BCUT2D eigenvalue weighted by molar-refractivity contribution is 0.475. The number of benzene rings is 4. The van der Waals surface area contributed by atoms with E-state index in [2.05, 4.69) is 118 Å². The summed E-state index contributed by atoms with van der Waals surface area (Å²) in [6, 6.07) is 35.3. The Bertz CT molecular complexity index is 1890. The Morgan fingerprint density at radius 3 is 2.14 bits per heavy atom. The number of phenolic OH excluding ortho intramolecular Hbond substituents is 1. The molecule has 0 fully saturated rings. The molecule has 0 amide bonds. The van der Waals surface area contributed by atoms with Crippen molar-refractivity contribution in [2.45, 2.75) is 45.8 Å². The van der Waals surface area contributed by atoms with Crippen molar-refractivity contribution in [3.05, 3.63) is 115 Å². The van der Waals surface area contributed by atoms with Gasteiger partial charge in [0.1, 0.15) is 11.6 Å². The van der Waals surface area contributed by atoms with E-state index < -0.39 is 8.07 Å². The third-order valence-electron chi connectivity index (χ3n) is 7.90. The molecule has 0 aliphatic carbocycles. The minimum Gasteiger partial charge on any atom is -0.507 e. The van der Waals surface area contributed by atoms with E-state index in [4.69, 9.17) is 9.97 Å². The molecule has 6 rings (SSSR count). The molecule has 0 aliphatic rings. The SMILES string of the molecule is CC(C)(C)c1ccc(O)c(-c2nc3c(-c4cccc(-c5ccc([Si](C)(C)C)cn5)c4)cccc3n2-c2ccccc2)c1. The highest BCUT2D eigenvalue weighted by atomic mass is 28.3. The van der Waals surface area contributed by atoms with E-state index in [0.717, 1.165) is 44.7 Å². The predicted molar refractivity (Wildman–Crippen MR) is 179 cm³/mol. The first-order valence-electron chi connectivity index (χ1n) is 14.5. The van der Waals surface area contributed by atoms with Gasteiger partial charge in [0.2, 0.25) is 0 Å². The van der Waals surface area contributed by atoms with Crippen LogP contribution in [0, 0.1) is 0 Å². The number of fused-ring (bicyclic) bond motifs is 1. The zero-order valence-corrected chi connectivity index (χ0v) is 26.2. The first-order chi connectivity index (χ1) is 20.0. The fourth-order valence-corrected chi connectivity index (χ4v) is 6.42. The molecule has 0 bridgehead atoms. The zero-order chi connectivity index (χ0) is 29.6. The Balaban J connectivity index is 1.55. The van der Waals surface area contributed by atoms with Crippen LogP contribution in [0.5, 0.6) is 5.75 Å². The summed E-state index contributed by atoms with van der Waals surface area (Å²) in [6.45, 7) is 13.6. The Morgan fingerprint density at radius 1 is 0.714 bits per heavy atom. The summed E-state index contributed by atoms with van der Waals surface area (Å²) in [5.74, 6) is 0.930. The van der Waals surface area contributed by atoms with Crippen molar-refractivity contribution in [3.8, 4) is 45.2 Å². The van der Waals surface area contributed by atoms with Crippen molar-refractivity contribution in [1.29, 1.82) is 0 Å². The Labute approximate surface area is 249 Å². The van der Waals surface area contributed by atoms with Gasteiger partial charge in [-0.1, -0.05) is 101 Å². The maximum atomic E-state index is 11.1. The zero-order valence-electron chi connectivity index (χ0n) is 25.2. The molecule has 2 heterocycles. The standard InChI is InChI=1S/C37H37N3OSi/c1-37(2,3)27-18-21-34(41)31(23-27)36-39-35-30(16-11-17-33(35)40(36)28-14-8-7-9-15-28)25-12-10-13-26(22-25)32-20-19-29(24-38-32)42(4,5)6/h7-24,41H,1-6H3. The lowest BCUT2D eigenvalue weighted by atomic mass is 9.86. The molecule has 1 N–H and O–H groups in total. The van der Waals surface area contributed by atoms with E-state index in [1.165, 1.54) is 5.19 Å². The topological polar surface area (TPSA) is 50.9 Å². The third-order valence-corrected chi connectivity index (χ3v) is 9.93. The number of pyridine rings is 1. The number of phenols is 1. The van der Waals surface area contributed by atoms with Crippen LogP contribution in [-0.4, -0.2) is 27.7 Å². The van der Waals surface area contributed by atoms with Crippen LogP contribution in [0.4, 0.5) is 0 Å². The summed E-state index contributed by atoms with van der Waals surface area (Å²) in [5, 5.41) is 12.5. The largest absolute Gasteiger partial charge is 0.507 e. The van der Waals surface area contributed by atoms with Crippen molar-refractivity contribution < 1.29 is 5.11 Å². The summed E-state index contributed by atoms with van der Waals surface area (Å²) in [6.07, 6.45) is 2.04. The number of hydrogen-bond acceptors (Lipinski definition) is 3. The van der Waals surface area contributed by atoms with Crippen LogP contribution in [-0.2, 0) is 5.41 Å². The van der Waals surface area contributed by atoms with Crippen LogP contribution in [0.15, 0.2) is 109 Å². The smallest absolute Gasteiger partial charge is 0.149 e. The lowest BCUT2D eigenvalue weighted by Crippen LogP contribution is -2.37. The molecule has 2 aromatic heterocycles. The second-order valence-electron chi connectivity index (χ2n) is 13.0. The van der Waals surface area contributed by atoms with Gasteiger partial charge >= 0.3 is 0 Å². The first-order valence-corrected chi connectivity index (χ1v) is 18.0. The predicted octanol–water partition coefficient (Wildman–Crippen LogP) is 8.97. The molecule has 210 valence electrons. The Hall–Kier alpha value is -4.48. The van der Waals surface area contributed by atoms with Crippen LogP contribution >= 0.6 is 0 Å². The van der Waals surface area contributed by atoms with E-state index in [9.17, 15) is 5.11 Å². The van der Waals surface area contributed by atoms with Gasteiger partial charge in [-0.3, -0.25) is 9.55 Å². The van der Waals surface area contributed by atoms with Gasteiger partial charge in [-0.25, -0.2) is 4.98 Å². The number of aromatic hydroxyl groups is 1. The summed E-state index contributed by atoms with van der Waals surface area (Å²) in [4.78, 5) is 10.1. The fourth-order valence-electron chi connectivity index (χ4n) is 5.39. The van der Waals surface area contributed by atoms with Crippen LogP contribution in [0.3, 0.4) is 0 Å². The molecular formula is C37H37N3OSi. The quantitative estimate of drug-likeness (QED) is 0.212. The molecule has 0 aliphatic heterocycles. The summed E-state index contributed by atoms with van der Waals surface area (Å²) < 4.78 is 2.15. The van der Waals surface area contributed by atoms with E-state index in [1.54, 1.807) is 6.07 Å². The Kier molecular flexibility index (Phi) is 6.86. The van der Waals surface area contributed by atoms with Crippen LogP contribution in [0.2, 0.25) is 19.6 Å². The highest BCUT2D eigenvalue weighted by Gasteiger charge is 2.23. The highest BCUT2D eigenvalue weighted by molar-refractivity contribution is 6.88. The normalized spacial score (nSPS) is 12.1. The monoisotopic (exact) mass is 567 g/mol. The van der Waals surface area contributed by atoms with Gasteiger partial charge < -0.3 is 5.11 Å². The molecule has 6 aromatic rings. The highest BCUT2D eigenvalue weighted by Crippen LogP contribution is 2.39. The second-order valence-corrected chi connectivity index (χ2v) is 18.1. The second kappa shape index (κ2) is 10.4. The van der Waals surface area contributed by atoms with Gasteiger partial charge in [-0.15, -0.1) is 0 Å². The molecule has 0 saturated heterocycles. The number of imidazole rings is 1. The molecule has 42 heavy (non-hydrogen) atoms. The van der Waals surface area contributed by atoms with E-state index >= 15 is 0 Å². The summed E-state index contributed by atoms with van der Waals surface area (Å²) in [5.41, 5.74) is 8.80. The van der Waals surface area contributed by atoms with E-state index in [-0.39, 0.29) is 11.2 Å². The fraction of sp³-hybridized carbons (Fsp3) is 0.189. The maximum Gasteiger partial charge on any atom is 0.149 e. The van der Waals surface area contributed by atoms with Gasteiger partial charge in [-0.2, -0.15) is 0 Å². The number of para-hydroxylation sites is 2. The van der Waals surface area contributed by atoms with Gasteiger partial charge in [-0.05, 0) is 64.2 Å². The van der Waals surface area contributed by atoms with Gasteiger partial charge in [0.05, 0.1) is 30.4 Å². The first kappa shape index (κ1) is 27.7. The average molecular weight is 568 g/mol. The van der Waals surface area contributed by atoms with Crippen molar-refractivity contribution in [1.82, 2.24) is 14.5 Å². The number of nitrogens with zero attached hydrogens (tertiary/aromatic N) is 3. The number of hydrogen-bond donors (Lipinski definition) is 1. The van der Waals surface area contributed by atoms with E-state index in [0.29, 0.717) is 11.4 Å². The minimum absolute atomic E-state index is 0.0705. The third kappa shape index (κ3) is 5.16. The van der Waals surface area contributed by atoms with Crippen LogP contribution in [0.25, 0.3) is 50.5 Å². The molecule has 0 atom stereocenters. The number of rotatable bonds is 5. The molecular weight excluding hydrogens is 531 g/mol. The molecule has 0 radical (unpaired) electrons. The average Bonchev–Trinajstić information content (AvgIpc) is 3.36. The van der Waals surface area contributed by atoms with Crippen molar-refractivity contribution in [3.63, 3.8) is 0 Å². The van der Waals surface area contributed by atoms with Gasteiger partial charge in [0.15, 0.2) is 0 Å². The molecule has 4 nitrogen and oxygen atoms in total. The maximum absolute atomic E-state index is 11.1. The minimum atomic E-state index is -1.42. The van der Waals surface area contributed by atoms with Crippen LogP contribution < -0.4 is 5.19 Å². The Morgan fingerprint density at radius 2 is 1.45 bits per heavy atom. The lowest BCUT2D eigenvalue weighted by Gasteiger charge is -2.20. The molecule has 0 spiro atoms. The van der Waals surface area contributed by atoms with Crippen molar-refractivity contribution in [2.24, 2.45) is 0 Å².